The van der Waals surface area contributed by atoms with E-state index in [4.69, 9.17) is 0 Å². The molecule has 2 aliphatic heterocycles. The molecule has 1 spiro atoms. The first kappa shape index (κ1) is 15.3. The van der Waals surface area contributed by atoms with Gasteiger partial charge in [0.25, 0.3) is 11.5 Å². The lowest BCUT2D eigenvalue weighted by molar-refractivity contribution is -0.121. The van der Waals surface area contributed by atoms with Crippen LogP contribution >= 0.6 is 15.9 Å². The number of aromatic nitrogens is 3. The molecule has 0 saturated carbocycles. The lowest BCUT2D eigenvalue weighted by Crippen LogP contribution is -2.53. The number of amides is 1. The van der Waals surface area contributed by atoms with E-state index in [1.807, 2.05) is 42.5 Å². The van der Waals surface area contributed by atoms with E-state index >= 15 is 0 Å². The van der Waals surface area contributed by atoms with Crippen molar-refractivity contribution in [2.75, 3.05) is 10.6 Å². The van der Waals surface area contributed by atoms with E-state index in [0.717, 1.165) is 10.0 Å². The number of anilines is 2. The van der Waals surface area contributed by atoms with Crippen molar-refractivity contribution in [2.24, 2.45) is 0 Å². The van der Waals surface area contributed by atoms with Gasteiger partial charge in [-0.05, 0) is 37.3 Å². The molecule has 2 aromatic carbocycles. The van der Waals surface area contributed by atoms with Crippen LogP contribution in [-0.4, -0.2) is 20.7 Å². The Morgan fingerprint density at radius 3 is 2.77 bits per heavy atom. The third kappa shape index (κ3) is 1.82. The second-order valence-electron chi connectivity index (χ2n) is 6.26. The molecule has 26 heavy (non-hydrogen) atoms. The fourth-order valence-electron chi connectivity index (χ4n) is 3.50. The number of carbonyl (C=O) groups is 1. The summed E-state index contributed by atoms with van der Waals surface area (Å²) in [5.41, 5.74) is 1.35. The molecule has 3 aromatic rings. The highest BCUT2D eigenvalue weighted by Crippen LogP contribution is 2.46. The lowest BCUT2D eigenvalue weighted by atomic mass is 9.96. The number of nitrogens with one attached hydrogen (secondary N) is 2. The van der Waals surface area contributed by atoms with Gasteiger partial charge in [0.1, 0.15) is 5.69 Å². The van der Waals surface area contributed by atoms with Crippen LogP contribution in [0.3, 0.4) is 0 Å². The van der Waals surface area contributed by atoms with Gasteiger partial charge >= 0.3 is 0 Å². The van der Waals surface area contributed by atoms with Crippen molar-refractivity contribution in [3.05, 3.63) is 68.5 Å². The standard InChI is InChI=1S/C18H12BrN5O2/c1-9-16(25)21-15-11-4-2-3-5-13(11)22-18(24(15)23-9)12-8-10(19)6-7-14(12)20-17(18)26/h2-8,22H,1H3,(H,20,26). The maximum atomic E-state index is 13.1. The molecule has 1 atom stereocenters. The molecule has 7 nitrogen and oxygen atoms in total. The Balaban J connectivity index is 1.92. The van der Waals surface area contributed by atoms with Gasteiger partial charge < -0.3 is 10.6 Å². The zero-order chi connectivity index (χ0) is 18.1. The first-order valence-electron chi connectivity index (χ1n) is 7.98. The van der Waals surface area contributed by atoms with Crippen molar-refractivity contribution in [2.45, 2.75) is 12.6 Å². The van der Waals surface area contributed by atoms with E-state index in [-0.39, 0.29) is 11.6 Å². The number of rotatable bonds is 0. The van der Waals surface area contributed by atoms with Crippen LogP contribution in [0.5, 0.6) is 0 Å². The third-order valence-corrected chi connectivity index (χ3v) is 5.21. The molecular formula is C18H12BrN5O2. The number of halogens is 1. The maximum absolute atomic E-state index is 13.1. The Hall–Kier alpha value is -3.00. The lowest BCUT2D eigenvalue weighted by Gasteiger charge is -2.37. The minimum Gasteiger partial charge on any atom is -0.349 e. The van der Waals surface area contributed by atoms with Crippen LogP contribution in [0, 0.1) is 6.92 Å². The molecule has 0 radical (unpaired) electrons. The summed E-state index contributed by atoms with van der Waals surface area (Å²) in [5, 5.41) is 10.7. The molecule has 0 aliphatic carbocycles. The van der Waals surface area contributed by atoms with Crippen molar-refractivity contribution in [3.63, 3.8) is 0 Å². The molecule has 1 amide bonds. The highest BCUT2D eigenvalue weighted by molar-refractivity contribution is 9.10. The Morgan fingerprint density at radius 2 is 1.92 bits per heavy atom. The molecule has 8 heteroatoms. The Bertz CT molecular complexity index is 1170. The van der Waals surface area contributed by atoms with Crippen LogP contribution in [0.1, 0.15) is 11.3 Å². The topological polar surface area (TPSA) is 88.9 Å². The van der Waals surface area contributed by atoms with Crippen molar-refractivity contribution < 1.29 is 4.79 Å². The zero-order valence-corrected chi connectivity index (χ0v) is 15.2. The molecule has 2 N–H and O–H groups in total. The number of benzene rings is 2. The number of aryl methyl sites for hydroxylation is 1. The summed E-state index contributed by atoms with van der Waals surface area (Å²) in [5.74, 6) is 0.0802. The summed E-state index contributed by atoms with van der Waals surface area (Å²) in [4.78, 5) is 29.5. The summed E-state index contributed by atoms with van der Waals surface area (Å²) in [6, 6.07) is 13.0. The average molecular weight is 410 g/mol. The Kier molecular flexibility index (Phi) is 2.94. The number of carbonyl (C=O) groups excluding carboxylic acids is 1. The zero-order valence-electron chi connectivity index (χ0n) is 13.6. The number of hydrogen-bond donors (Lipinski definition) is 2. The molecule has 0 bridgehead atoms. The van der Waals surface area contributed by atoms with Crippen molar-refractivity contribution in [3.8, 4) is 11.4 Å². The number of hydrogen-bond acceptors (Lipinski definition) is 5. The quantitative estimate of drug-likeness (QED) is 0.595. The van der Waals surface area contributed by atoms with Crippen molar-refractivity contribution in [1.82, 2.24) is 14.8 Å². The predicted octanol–water partition coefficient (Wildman–Crippen LogP) is 2.45. The van der Waals surface area contributed by atoms with E-state index in [0.29, 0.717) is 22.8 Å². The average Bonchev–Trinajstić information content (AvgIpc) is 2.89. The normalized spacial score (nSPS) is 19.4. The largest absolute Gasteiger partial charge is 0.349 e. The van der Waals surface area contributed by atoms with Gasteiger partial charge in [-0.2, -0.15) is 10.1 Å². The van der Waals surface area contributed by atoms with Gasteiger partial charge in [0, 0.05) is 27.0 Å². The summed E-state index contributed by atoms with van der Waals surface area (Å²) < 4.78 is 2.35. The highest BCUT2D eigenvalue weighted by atomic mass is 79.9. The molecule has 0 fully saturated rings. The van der Waals surface area contributed by atoms with Crippen molar-refractivity contribution >= 4 is 33.2 Å². The van der Waals surface area contributed by atoms with E-state index in [1.165, 1.54) is 4.68 Å². The van der Waals surface area contributed by atoms with Crippen LogP contribution in [0.2, 0.25) is 0 Å². The van der Waals surface area contributed by atoms with E-state index < -0.39 is 11.2 Å². The smallest absolute Gasteiger partial charge is 0.294 e. The molecule has 5 rings (SSSR count). The molecule has 0 saturated heterocycles. The van der Waals surface area contributed by atoms with Crippen molar-refractivity contribution in [1.29, 1.82) is 0 Å². The first-order chi connectivity index (χ1) is 12.5. The number of nitrogens with zero attached hydrogens (tertiary/aromatic N) is 3. The van der Waals surface area contributed by atoms with Crippen LogP contribution in [0.4, 0.5) is 11.4 Å². The molecule has 128 valence electrons. The van der Waals surface area contributed by atoms with Crippen LogP contribution < -0.4 is 16.2 Å². The van der Waals surface area contributed by atoms with Crippen LogP contribution in [0.15, 0.2) is 51.7 Å². The monoisotopic (exact) mass is 409 g/mol. The number of para-hydroxylation sites is 1. The fourth-order valence-corrected chi connectivity index (χ4v) is 3.86. The summed E-state index contributed by atoms with van der Waals surface area (Å²) in [6.45, 7) is 1.59. The Morgan fingerprint density at radius 1 is 1.12 bits per heavy atom. The highest BCUT2D eigenvalue weighted by Gasteiger charge is 2.53. The predicted molar refractivity (Wildman–Crippen MR) is 99.9 cm³/mol. The second kappa shape index (κ2) is 5.01. The molecular weight excluding hydrogens is 398 g/mol. The van der Waals surface area contributed by atoms with Gasteiger partial charge in [0.15, 0.2) is 5.82 Å². The van der Waals surface area contributed by atoms with Gasteiger partial charge in [0.05, 0.1) is 0 Å². The van der Waals surface area contributed by atoms with E-state index in [9.17, 15) is 9.59 Å². The minimum absolute atomic E-state index is 0.227. The Labute approximate surface area is 156 Å². The first-order valence-corrected chi connectivity index (χ1v) is 8.77. The second-order valence-corrected chi connectivity index (χ2v) is 7.18. The van der Waals surface area contributed by atoms with Gasteiger partial charge in [-0.3, -0.25) is 9.59 Å². The summed E-state index contributed by atoms with van der Waals surface area (Å²) in [7, 11) is 0. The fraction of sp³-hybridized carbons (Fsp3) is 0.111. The minimum atomic E-state index is -1.31. The molecule has 2 aliphatic rings. The van der Waals surface area contributed by atoms with Gasteiger partial charge in [-0.1, -0.05) is 28.1 Å². The van der Waals surface area contributed by atoms with Gasteiger partial charge in [0.2, 0.25) is 5.66 Å². The number of fused-ring (bicyclic) bond motifs is 6. The summed E-state index contributed by atoms with van der Waals surface area (Å²) >= 11 is 3.47. The van der Waals surface area contributed by atoms with E-state index in [1.54, 1.807) is 6.92 Å². The SMILES string of the molecule is Cc1nn2c(nc1=O)-c1ccccc1NC21C(=O)Nc2ccc(Br)cc21. The molecule has 1 aromatic heterocycles. The molecule has 3 heterocycles. The third-order valence-electron chi connectivity index (χ3n) is 4.72. The maximum Gasteiger partial charge on any atom is 0.294 e. The summed E-state index contributed by atoms with van der Waals surface area (Å²) in [6.07, 6.45) is 0. The van der Waals surface area contributed by atoms with Crippen LogP contribution in [-0.2, 0) is 10.5 Å². The van der Waals surface area contributed by atoms with Crippen LogP contribution in [0.25, 0.3) is 11.4 Å². The van der Waals surface area contributed by atoms with E-state index in [2.05, 4.69) is 36.6 Å². The van der Waals surface area contributed by atoms with Gasteiger partial charge in [-0.15, -0.1) is 0 Å². The van der Waals surface area contributed by atoms with Gasteiger partial charge in [-0.25, -0.2) is 4.68 Å². The molecule has 1 unspecified atom stereocenters.